The molecule has 7 aliphatic rings. The second-order valence-electron chi connectivity index (χ2n) is 13.6. The molecule has 2 spiro atoms. The number of hydrogen-bond donors (Lipinski definition) is 3. The van der Waals surface area contributed by atoms with Crippen LogP contribution in [-0.2, 0) is 23.8 Å². The zero-order chi connectivity index (χ0) is 25.8. The van der Waals surface area contributed by atoms with Gasteiger partial charge in [-0.15, -0.1) is 0 Å². The average molecular weight is 503 g/mol. The molecule has 198 valence electrons. The van der Waals surface area contributed by atoms with Crippen molar-refractivity contribution in [2.75, 3.05) is 0 Å². The molecular formula is C28H38O8. The highest BCUT2D eigenvalue weighted by Gasteiger charge is 2.82. The Morgan fingerprint density at radius 3 is 2.42 bits per heavy atom. The number of aliphatic hydroxyl groups excluding tert-OH is 2. The van der Waals surface area contributed by atoms with Gasteiger partial charge < -0.3 is 29.5 Å². The fraction of sp³-hybridized carbons (Fsp3) is 0.857. The Bertz CT molecular complexity index is 1090. The SMILES string of the molecule is C[C@@H]1[C@@H](C)C(=O)O[C@@]12O[C@H]1C[C@H]3[C@@H]4C[C@H]5O[C@]56C(O)C=CC(=O)[C@]6(C)[C@H]4CC[C@]3(C)[C@H]1[C@@](C)(O)[C@@H]2O. The maximum atomic E-state index is 13.4. The van der Waals surface area contributed by atoms with Crippen LogP contribution in [0.4, 0.5) is 0 Å². The molecule has 3 heterocycles. The quantitative estimate of drug-likeness (QED) is 0.338. The Morgan fingerprint density at radius 2 is 1.75 bits per heavy atom. The molecule has 0 aromatic carbocycles. The number of carbonyl (C=O) groups is 2. The topological polar surface area (TPSA) is 126 Å². The van der Waals surface area contributed by atoms with Crippen molar-refractivity contribution in [1.29, 1.82) is 0 Å². The van der Waals surface area contributed by atoms with E-state index in [1.165, 1.54) is 6.08 Å². The van der Waals surface area contributed by atoms with Gasteiger partial charge in [0.25, 0.3) is 0 Å². The van der Waals surface area contributed by atoms with E-state index in [4.69, 9.17) is 14.2 Å². The third-order valence-corrected chi connectivity index (χ3v) is 12.5. The highest BCUT2D eigenvalue weighted by atomic mass is 16.7. The molecule has 36 heavy (non-hydrogen) atoms. The van der Waals surface area contributed by atoms with Gasteiger partial charge in [-0.3, -0.25) is 9.59 Å². The lowest BCUT2D eigenvalue weighted by Gasteiger charge is -2.60. The highest BCUT2D eigenvalue weighted by Crippen LogP contribution is 2.74. The Balaban J connectivity index is 1.28. The minimum absolute atomic E-state index is 0.0299. The first-order valence-electron chi connectivity index (χ1n) is 13.7. The van der Waals surface area contributed by atoms with Gasteiger partial charge in [0.1, 0.15) is 23.4 Å². The smallest absolute Gasteiger partial charge is 0.311 e. The summed E-state index contributed by atoms with van der Waals surface area (Å²) in [5.74, 6) is -2.78. The van der Waals surface area contributed by atoms with E-state index in [9.17, 15) is 24.9 Å². The zero-order valence-corrected chi connectivity index (χ0v) is 21.6. The molecule has 3 saturated heterocycles. The van der Waals surface area contributed by atoms with E-state index < -0.39 is 52.4 Å². The van der Waals surface area contributed by atoms with Gasteiger partial charge in [0.2, 0.25) is 5.79 Å². The molecule has 0 amide bonds. The minimum Gasteiger partial charge on any atom is -0.429 e. The molecule has 7 rings (SSSR count). The number of carbonyl (C=O) groups excluding carboxylic acids is 2. The van der Waals surface area contributed by atoms with Crippen LogP contribution >= 0.6 is 0 Å². The van der Waals surface area contributed by atoms with Crippen molar-refractivity contribution in [2.24, 2.45) is 46.3 Å². The highest BCUT2D eigenvalue weighted by molar-refractivity contribution is 5.98. The summed E-state index contributed by atoms with van der Waals surface area (Å²) in [6.07, 6.45) is 3.37. The van der Waals surface area contributed by atoms with E-state index in [0.717, 1.165) is 19.3 Å². The van der Waals surface area contributed by atoms with Crippen molar-refractivity contribution in [2.45, 2.75) is 102 Å². The Kier molecular flexibility index (Phi) is 4.38. The second kappa shape index (κ2) is 6.63. The molecule has 1 unspecified atom stereocenters. The van der Waals surface area contributed by atoms with Gasteiger partial charge >= 0.3 is 5.97 Å². The normalized spacial score (nSPS) is 64.8. The van der Waals surface area contributed by atoms with Gasteiger partial charge in [0.05, 0.1) is 23.5 Å². The van der Waals surface area contributed by atoms with Crippen molar-refractivity contribution in [3.63, 3.8) is 0 Å². The van der Waals surface area contributed by atoms with Crippen molar-refractivity contribution in [3.05, 3.63) is 12.2 Å². The summed E-state index contributed by atoms with van der Waals surface area (Å²) < 4.78 is 18.5. The van der Waals surface area contributed by atoms with Crippen LogP contribution in [0.5, 0.6) is 0 Å². The summed E-state index contributed by atoms with van der Waals surface area (Å²) >= 11 is 0. The summed E-state index contributed by atoms with van der Waals surface area (Å²) in [7, 11) is 0. The first-order chi connectivity index (χ1) is 16.8. The number of allylic oxidation sites excluding steroid dienone is 1. The molecule has 8 nitrogen and oxygen atoms in total. The standard InChI is InChI=1S/C28H38O8/c1-12-13(2)28(36-22(12)31)23(32)26(5,33)21-17(34-28)11-16-14-10-20-27(35-20)19(30)7-6-18(29)25(27,4)15(14)8-9-24(16,21)3/h6-7,12-17,19-21,23,30,32-33H,8-11H2,1-5H3/t12-,13-,14-,15+,16+,17+,19?,20-,21+,23+,24+,25+,26-,27-,28+/m1/s1. The average Bonchev–Trinajstić information content (AvgIpc) is 3.42. The molecule has 0 radical (unpaired) electrons. The van der Waals surface area contributed by atoms with Crippen LogP contribution in [-0.4, -0.2) is 68.5 Å². The lowest BCUT2D eigenvalue weighted by molar-refractivity contribution is -0.368. The molecule has 8 heteroatoms. The molecule has 0 bridgehead atoms. The van der Waals surface area contributed by atoms with E-state index >= 15 is 0 Å². The molecule has 0 aromatic heterocycles. The summed E-state index contributed by atoms with van der Waals surface area (Å²) in [6, 6.07) is 0. The van der Waals surface area contributed by atoms with Crippen molar-refractivity contribution < 1.29 is 39.1 Å². The fourth-order valence-corrected chi connectivity index (χ4v) is 10.5. The largest absolute Gasteiger partial charge is 0.429 e. The van der Waals surface area contributed by atoms with Crippen LogP contribution in [0, 0.1) is 46.3 Å². The lowest BCUT2D eigenvalue weighted by atomic mass is 9.44. The molecule has 3 saturated carbocycles. The number of fused-ring (bicyclic) bond motifs is 6. The van der Waals surface area contributed by atoms with Gasteiger partial charge in [-0.25, -0.2) is 0 Å². The van der Waals surface area contributed by atoms with Gasteiger partial charge in [-0.05, 0) is 74.9 Å². The van der Waals surface area contributed by atoms with Crippen LogP contribution in [0.15, 0.2) is 12.2 Å². The fourth-order valence-electron chi connectivity index (χ4n) is 10.5. The first kappa shape index (κ1) is 23.8. The second-order valence-corrected chi connectivity index (χ2v) is 13.6. The zero-order valence-electron chi connectivity index (χ0n) is 21.6. The first-order valence-corrected chi connectivity index (χ1v) is 13.7. The summed E-state index contributed by atoms with van der Waals surface area (Å²) in [5, 5.41) is 34.4. The molecule has 6 fully saturated rings. The number of aliphatic hydroxyl groups is 3. The summed E-state index contributed by atoms with van der Waals surface area (Å²) in [5.41, 5.74) is -3.47. The van der Waals surface area contributed by atoms with Crippen LogP contribution in [0.1, 0.15) is 60.3 Å². The van der Waals surface area contributed by atoms with Crippen LogP contribution in [0.3, 0.4) is 0 Å². The number of rotatable bonds is 0. The Labute approximate surface area is 211 Å². The van der Waals surface area contributed by atoms with Gasteiger partial charge in [-0.2, -0.15) is 0 Å². The van der Waals surface area contributed by atoms with Crippen LogP contribution in [0.2, 0.25) is 0 Å². The van der Waals surface area contributed by atoms with E-state index in [-0.39, 0.29) is 47.1 Å². The summed E-state index contributed by atoms with van der Waals surface area (Å²) in [6.45, 7) is 9.47. The molecule has 3 aliphatic heterocycles. The summed E-state index contributed by atoms with van der Waals surface area (Å²) in [4.78, 5) is 25.9. The Hall–Kier alpha value is -1.32. The number of epoxide rings is 1. The van der Waals surface area contributed by atoms with Gasteiger partial charge in [-0.1, -0.05) is 20.8 Å². The monoisotopic (exact) mass is 502 g/mol. The van der Waals surface area contributed by atoms with E-state index in [2.05, 4.69) is 6.92 Å². The molecule has 15 atom stereocenters. The molecular weight excluding hydrogens is 464 g/mol. The Morgan fingerprint density at radius 1 is 1.03 bits per heavy atom. The molecule has 3 N–H and O–H groups in total. The van der Waals surface area contributed by atoms with Gasteiger partial charge in [0, 0.05) is 11.8 Å². The lowest BCUT2D eigenvalue weighted by Crippen LogP contribution is -2.71. The predicted molar refractivity (Wildman–Crippen MR) is 125 cm³/mol. The van der Waals surface area contributed by atoms with E-state index in [1.54, 1.807) is 19.9 Å². The van der Waals surface area contributed by atoms with Crippen molar-refractivity contribution >= 4 is 11.8 Å². The number of hydrogen-bond acceptors (Lipinski definition) is 8. The molecule has 0 aromatic rings. The van der Waals surface area contributed by atoms with Crippen LogP contribution < -0.4 is 0 Å². The van der Waals surface area contributed by atoms with Crippen LogP contribution in [0.25, 0.3) is 0 Å². The van der Waals surface area contributed by atoms with Crippen molar-refractivity contribution in [3.8, 4) is 0 Å². The third-order valence-electron chi connectivity index (χ3n) is 12.5. The predicted octanol–water partition coefficient (Wildman–Crippen LogP) is 1.74. The number of ketones is 1. The third kappa shape index (κ3) is 2.29. The number of ether oxygens (including phenoxy) is 3. The van der Waals surface area contributed by atoms with Crippen molar-refractivity contribution in [1.82, 2.24) is 0 Å². The maximum Gasteiger partial charge on any atom is 0.311 e. The van der Waals surface area contributed by atoms with E-state index in [1.807, 2.05) is 13.8 Å². The minimum atomic E-state index is -1.56. The van der Waals surface area contributed by atoms with E-state index in [0.29, 0.717) is 6.42 Å². The molecule has 4 aliphatic carbocycles. The van der Waals surface area contributed by atoms with Gasteiger partial charge in [0.15, 0.2) is 5.78 Å². The number of esters is 1. The maximum absolute atomic E-state index is 13.4.